The maximum absolute atomic E-state index is 14.3. The Morgan fingerprint density at radius 3 is 2.31 bits per heavy atom. The lowest BCUT2D eigenvalue weighted by molar-refractivity contribution is -0.117. The molecule has 4 nitrogen and oxygen atoms in total. The summed E-state index contributed by atoms with van der Waals surface area (Å²) in [7, 11) is 0. The van der Waals surface area contributed by atoms with Crippen molar-refractivity contribution in [3.8, 4) is 0 Å². The molecule has 0 heterocycles. The molecule has 172 valence electrons. The average molecular weight is 536 g/mol. The molecule has 3 unspecified atom stereocenters. The first-order valence-electron chi connectivity index (χ1n) is 8.71. The van der Waals surface area contributed by atoms with Crippen LogP contribution in [0.25, 0.3) is 0 Å². The van der Waals surface area contributed by atoms with E-state index >= 15 is 0 Å². The molecular weight excluding hydrogens is 525 g/mol. The van der Waals surface area contributed by atoms with Gasteiger partial charge in [-0.05, 0) is 29.8 Å². The molecule has 2 aromatic rings. The van der Waals surface area contributed by atoms with Crippen LogP contribution in [0.3, 0.4) is 0 Å². The fraction of sp³-hybridized carbons (Fsp3) is 0.263. The monoisotopic (exact) mass is 534 g/mol. The highest BCUT2D eigenvalue weighted by Gasteiger charge is 2.68. The normalized spacial score (nSPS) is 20.1. The Balaban J connectivity index is 1.79. The molecule has 2 aromatic carbocycles. The molecule has 0 bridgehead atoms. The van der Waals surface area contributed by atoms with Gasteiger partial charge in [-0.25, -0.2) is 22.0 Å². The second kappa shape index (κ2) is 9.21. The Morgan fingerprint density at radius 1 is 1.03 bits per heavy atom. The maximum atomic E-state index is 14.3. The van der Waals surface area contributed by atoms with Gasteiger partial charge in [-0.2, -0.15) is 0 Å². The quantitative estimate of drug-likeness (QED) is 0.203. The van der Waals surface area contributed by atoms with Crippen LogP contribution in [0.15, 0.2) is 30.3 Å². The minimum atomic E-state index is -3.45. The molecule has 32 heavy (non-hydrogen) atoms. The number of amides is 2. The van der Waals surface area contributed by atoms with E-state index in [4.69, 9.17) is 46.4 Å². The number of hydrogen-bond donors (Lipinski definition) is 2. The van der Waals surface area contributed by atoms with Gasteiger partial charge in [0.25, 0.3) is 12.3 Å². The number of alkyl halides is 5. The number of carbonyl (C=O) groups is 2. The van der Waals surface area contributed by atoms with Crippen molar-refractivity contribution in [3.05, 3.63) is 63.1 Å². The van der Waals surface area contributed by atoms with Crippen LogP contribution in [-0.4, -0.2) is 28.9 Å². The third-order valence-corrected chi connectivity index (χ3v) is 6.32. The van der Waals surface area contributed by atoms with Crippen LogP contribution in [0.4, 0.5) is 27.6 Å². The lowest BCUT2D eigenvalue weighted by Gasteiger charge is -2.12. The van der Waals surface area contributed by atoms with Gasteiger partial charge < -0.3 is 10.6 Å². The van der Waals surface area contributed by atoms with E-state index in [0.717, 1.165) is 18.2 Å². The summed E-state index contributed by atoms with van der Waals surface area (Å²) < 4.78 is 63.8. The van der Waals surface area contributed by atoms with E-state index in [9.17, 15) is 31.5 Å². The van der Waals surface area contributed by atoms with Crippen LogP contribution in [0.5, 0.6) is 0 Å². The Labute approximate surface area is 198 Å². The predicted octanol–water partition coefficient (Wildman–Crippen LogP) is 6.09. The highest BCUT2D eigenvalue weighted by molar-refractivity contribution is 6.53. The summed E-state index contributed by atoms with van der Waals surface area (Å²) in [4.78, 5) is 24.7. The maximum Gasteiger partial charge on any atom is 0.287 e. The summed E-state index contributed by atoms with van der Waals surface area (Å²) in [6, 6.07) is 5.42. The van der Waals surface area contributed by atoms with Crippen LogP contribution in [0.1, 0.15) is 21.8 Å². The van der Waals surface area contributed by atoms with E-state index in [-0.39, 0.29) is 21.8 Å². The zero-order valence-electron chi connectivity index (χ0n) is 15.4. The number of hydrogen-bond acceptors (Lipinski definition) is 2. The molecule has 3 rings (SSSR count). The van der Waals surface area contributed by atoms with Gasteiger partial charge in [-0.3, -0.25) is 9.59 Å². The first-order valence-corrected chi connectivity index (χ1v) is 10.2. The number of halogens is 9. The fourth-order valence-corrected chi connectivity index (χ4v) is 4.27. The van der Waals surface area contributed by atoms with Crippen molar-refractivity contribution in [2.75, 3.05) is 5.32 Å². The van der Waals surface area contributed by atoms with E-state index in [1.165, 1.54) is 17.4 Å². The molecule has 1 aliphatic rings. The summed E-state index contributed by atoms with van der Waals surface area (Å²) in [5.74, 6) is -6.37. The molecule has 13 heteroatoms. The van der Waals surface area contributed by atoms with Gasteiger partial charge in [0.05, 0.1) is 16.5 Å². The summed E-state index contributed by atoms with van der Waals surface area (Å²) in [6.45, 7) is 0. The van der Waals surface area contributed by atoms with Crippen molar-refractivity contribution in [1.82, 2.24) is 5.32 Å². The highest BCUT2D eigenvalue weighted by atomic mass is 35.5. The first kappa shape index (κ1) is 24.8. The Hall–Kier alpha value is -1.81. The molecule has 1 saturated carbocycles. The highest BCUT2D eigenvalue weighted by Crippen LogP contribution is 2.65. The van der Waals surface area contributed by atoms with Crippen molar-refractivity contribution in [2.45, 2.75) is 23.0 Å². The van der Waals surface area contributed by atoms with Gasteiger partial charge in [0.1, 0.15) is 21.0 Å². The van der Waals surface area contributed by atoms with Gasteiger partial charge in [0, 0.05) is 11.6 Å². The SMILES string of the molecule is O=C(NC(F)C(F)F)c1cc(NC(=O)C2C(c3ccc(F)c(Cl)c3F)C2(Cl)Cl)ccc1Cl. The topological polar surface area (TPSA) is 58.2 Å². The van der Waals surface area contributed by atoms with E-state index in [1.807, 2.05) is 0 Å². The number of nitrogens with one attached hydrogen (secondary N) is 2. The van der Waals surface area contributed by atoms with Crippen LogP contribution in [0.2, 0.25) is 10.0 Å². The zero-order chi connectivity index (χ0) is 24.0. The van der Waals surface area contributed by atoms with E-state index in [2.05, 4.69) is 5.32 Å². The van der Waals surface area contributed by atoms with Crippen LogP contribution in [-0.2, 0) is 4.79 Å². The molecule has 0 spiro atoms. The molecule has 0 aliphatic heterocycles. The standard InChI is InChI=1S/C19H11Cl4F5N2O2/c20-9-3-1-6(5-8(9)17(31)30-16(28)15(26)27)29-18(32)12-11(19(12,22)23)7-2-4-10(24)13(21)14(7)25/h1-5,11-12,15-16H,(H,29,32)(H,30,31). The van der Waals surface area contributed by atoms with Crippen molar-refractivity contribution in [1.29, 1.82) is 0 Å². The Morgan fingerprint density at radius 2 is 1.69 bits per heavy atom. The van der Waals surface area contributed by atoms with E-state index in [0.29, 0.717) is 0 Å². The lowest BCUT2D eigenvalue weighted by Crippen LogP contribution is -2.36. The summed E-state index contributed by atoms with van der Waals surface area (Å²) in [5, 5.41) is 2.84. The second-order valence-electron chi connectivity index (χ2n) is 6.79. The number of carbonyl (C=O) groups excluding carboxylic acids is 2. The number of rotatable bonds is 6. The van der Waals surface area contributed by atoms with Crippen molar-refractivity contribution >= 4 is 63.9 Å². The van der Waals surface area contributed by atoms with Crippen molar-refractivity contribution < 1.29 is 31.5 Å². The van der Waals surface area contributed by atoms with Gasteiger partial charge in [-0.1, -0.05) is 29.3 Å². The molecule has 1 fully saturated rings. The largest absolute Gasteiger partial charge is 0.326 e. The lowest BCUT2D eigenvalue weighted by atomic mass is 10.1. The Kier molecular flexibility index (Phi) is 7.14. The van der Waals surface area contributed by atoms with E-state index in [1.54, 1.807) is 0 Å². The van der Waals surface area contributed by atoms with Crippen LogP contribution >= 0.6 is 46.4 Å². The van der Waals surface area contributed by atoms with Crippen molar-refractivity contribution in [3.63, 3.8) is 0 Å². The number of anilines is 1. The first-order chi connectivity index (χ1) is 14.9. The third kappa shape index (κ3) is 4.76. The molecule has 0 saturated heterocycles. The average Bonchev–Trinajstić information content (AvgIpc) is 3.29. The third-order valence-electron chi connectivity index (χ3n) is 4.70. The van der Waals surface area contributed by atoms with Gasteiger partial charge in [0.15, 0.2) is 0 Å². The Bertz CT molecular complexity index is 1090. The molecule has 2 amide bonds. The van der Waals surface area contributed by atoms with E-state index < -0.39 is 57.4 Å². The van der Waals surface area contributed by atoms with Gasteiger partial charge in [0.2, 0.25) is 12.2 Å². The second-order valence-corrected chi connectivity index (χ2v) is 9.02. The van der Waals surface area contributed by atoms with Crippen LogP contribution in [0, 0.1) is 17.6 Å². The summed E-state index contributed by atoms with van der Waals surface area (Å²) in [5.41, 5.74) is -0.581. The molecule has 1 aliphatic carbocycles. The fourth-order valence-electron chi connectivity index (χ4n) is 3.08. The smallest absolute Gasteiger partial charge is 0.287 e. The molecule has 3 atom stereocenters. The molecular formula is C19H11Cl4F5N2O2. The summed E-state index contributed by atoms with van der Waals surface area (Å²) >= 11 is 23.7. The summed E-state index contributed by atoms with van der Waals surface area (Å²) in [6.07, 6.45) is -6.37. The predicted molar refractivity (Wildman–Crippen MR) is 110 cm³/mol. The molecule has 0 radical (unpaired) electrons. The van der Waals surface area contributed by atoms with Crippen molar-refractivity contribution in [2.24, 2.45) is 5.92 Å². The van der Waals surface area contributed by atoms with Crippen LogP contribution < -0.4 is 10.6 Å². The number of benzene rings is 2. The molecule has 2 N–H and O–H groups in total. The zero-order valence-corrected chi connectivity index (χ0v) is 18.4. The minimum absolute atomic E-state index is 0.0237. The minimum Gasteiger partial charge on any atom is -0.326 e. The van der Waals surface area contributed by atoms with Gasteiger partial charge in [-0.15, -0.1) is 23.2 Å². The molecule has 0 aromatic heterocycles. The van der Waals surface area contributed by atoms with Gasteiger partial charge >= 0.3 is 0 Å².